The molecule has 0 bridgehead atoms. The highest BCUT2D eigenvalue weighted by atomic mass is 16.5. The molecule has 2 rings (SSSR count). The number of rotatable bonds is 2. The van der Waals surface area contributed by atoms with Crippen molar-refractivity contribution in [2.75, 3.05) is 7.11 Å². The van der Waals surface area contributed by atoms with Crippen molar-refractivity contribution in [1.82, 2.24) is 5.48 Å². The molecule has 0 saturated carbocycles. The number of hydroxylamine groups is 1. The minimum absolute atomic E-state index is 0.224. The Hall–Kier alpha value is -2.34. The van der Waals surface area contributed by atoms with E-state index in [4.69, 9.17) is 14.4 Å². The van der Waals surface area contributed by atoms with Crippen molar-refractivity contribution in [3.8, 4) is 5.75 Å². The third-order valence-electron chi connectivity index (χ3n) is 2.70. The topological polar surface area (TPSA) is 88.8 Å². The molecule has 0 aliphatic rings. The molecule has 0 fully saturated rings. The van der Waals surface area contributed by atoms with Crippen LogP contribution in [0.2, 0.25) is 0 Å². The number of aryl methyl sites for hydroxylation is 1. The van der Waals surface area contributed by atoms with E-state index >= 15 is 0 Å². The lowest BCUT2D eigenvalue weighted by molar-refractivity contribution is 0.0701. The van der Waals surface area contributed by atoms with Gasteiger partial charge in [0.25, 0.3) is 5.91 Å². The second-order valence-corrected chi connectivity index (χ2v) is 3.69. The predicted molar refractivity (Wildman–Crippen MR) is 63.0 cm³/mol. The van der Waals surface area contributed by atoms with Crippen molar-refractivity contribution >= 4 is 16.9 Å². The average Bonchev–Trinajstić information content (AvgIpc) is 2.38. The van der Waals surface area contributed by atoms with E-state index in [9.17, 15) is 9.59 Å². The highest BCUT2D eigenvalue weighted by molar-refractivity contribution is 5.98. The largest absolute Gasteiger partial charge is 0.497 e. The molecule has 18 heavy (non-hydrogen) atoms. The number of ether oxygens (including phenoxy) is 1. The minimum Gasteiger partial charge on any atom is -0.497 e. The van der Waals surface area contributed by atoms with Crippen LogP contribution in [0.3, 0.4) is 0 Å². The number of fused-ring (bicyclic) bond motifs is 1. The molecule has 0 aliphatic heterocycles. The van der Waals surface area contributed by atoms with E-state index in [0.717, 1.165) is 0 Å². The number of hydrogen-bond acceptors (Lipinski definition) is 5. The summed E-state index contributed by atoms with van der Waals surface area (Å²) >= 11 is 0. The summed E-state index contributed by atoms with van der Waals surface area (Å²) in [5.74, 6) is -0.319. The molecule has 0 radical (unpaired) electrons. The molecule has 2 aromatic rings. The van der Waals surface area contributed by atoms with E-state index in [1.807, 2.05) is 0 Å². The van der Waals surface area contributed by atoms with Crippen LogP contribution in [0.25, 0.3) is 11.0 Å². The highest BCUT2D eigenvalue weighted by Crippen LogP contribution is 2.24. The molecule has 0 aliphatic carbocycles. The lowest BCUT2D eigenvalue weighted by Gasteiger charge is -2.07. The second-order valence-electron chi connectivity index (χ2n) is 3.69. The van der Waals surface area contributed by atoms with Gasteiger partial charge in [-0.05, 0) is 30.7 Å². The monoisotopic (exact) mass is 249 g/mol. The molecular formula is C12H11NO5. The molecule has 1 aromatic heterocycles. The summed E-state index contributed by atoms with van der Waals surface area (Å²) in [6, 6.07) is 4.89. The summed E-state index contributed by atoms with van der Waals surface area (Å²) in [6.07, 6.45) is 0. The molecular weight excluding hydrogens is 238 g/mol. The summed E-state index contributed by atoms with van der Waals surface area (Å²) in [6.45, 7) is 1.60. The van der Waals surface area contributed by atoms with Gasteiger partial charge in [0.2, 0.25) is 0 Å². The van der Waals surface area contributed by atoms with E-state index in [0.29, 0.717) is 22.3 Å². The minimum atomic E-state index is -0.897. The molecule has 1 heterocycles. The van der Waals surface area contributed by atoms with Crippen molar-refractivity contribution in [1.29, 1.82) is 0 Å². The molecule has 6 heteroatoms. The van der Waals surface area contributed by atoms with Gasteiger partial charge in [-0.25, -0.2) is 10.3 Å². The zero-order valence-corrected chi connectivity index (χ0v) is 9.81. The van der Waals surface area contributed by atoms with E-state index in [2.05, 4.69) is 0 Å². The first-order valence-corrected chi connectivity index (χ1v) is 5.14. The third kappa shape index (κ3) is 1.82. The number of nitrogens with one attached hydrogen (secondary N) is 1. The number of carbonyl (C=O) groups is 1. The number of methoxy groups -OCH3 is 1. The fourth-order valence-corrected chi connectivity index (χ4v) is 1.78. The van der Waals surface area contributed by atoms with Gasteiger partial charge >= 0.3 is 5.63 Å². The van der Waals surface area contributed by atoms with Crippen molar-refractivity contribution in [3.05, 3.63) is 39.7 Å². The molecule has 2 N–H and O–H groups in total. The summed E-state index contributed by atoms with van der Waals surface area (Å²) in [5.41, 5.74) is 1.18. The van der Waals surface area contributed by atoms with Crippen LogP contribution < -0.4 is 15.8 Å². The normalized spacial score (nSPS) is 10.4. The third-order valence-corrected chi connectivity index (χ3v) is 2.70. The molecule has 0 saturated heterocycles. The molecule has 0 unspecified atom stereocenters. The Labute approximate surface area is 102 Å². The SMILES string of the molecule is COc1ccc2oc(=O)c(C(=O)NO)c(C)c2c1. The number of amides is 1. The maximum atomic E-state index is 11.6. The van der Waals surface area contributed by atoms with Crippen molar-refractivity contribution in [3.63, 3.8) is 0 Å². The van der Waals surface area contributed by atoms with E-state index in [-0.39, 0.29) is 5.56 Å². The first-order valence-electron chi connectivity index (χ1n) is 5.14. The first-order chi connectivity index (χ1) is 8.58. The summed E-state index contributed by atoms with van der Waals surface area (Å²) in [4.78, 5) is 23.0. The summed E-state index contributed by atoms with van der Waals surface area (Å²) < 4.78 is 10.1. The molecule has 94 valence electrons. The van der Waals surface area contributed by atoms with Gasteiger partial charge in [-0.2, -0.15) is 0 Å². The van der Waals surface area contributed by atoms with Crippen molar-refractivity contribution < 1.29 is 19.2 Å². The fourth-order valence-electron chi connectivity index (χ4n) is 1.78. The van der Waals surface area contributed by atoms with Gasteiger partial charge in [-0.1, -0.05) is 0 Å². The zero-order chi connectivity index (χ0) is 13.3. The molecule has 1 aromatic carbocycles. The average molecular weight is 249 g/mol. The molecule has 1 amide bonds. The van der Waals surface area contributed by atoms with Gasteiger partial charge in [-0.3, -0.25) is 10.0 Å². The Balaban J connectivity index is 2.82. The van der Waals surface area contributed by atoms with Gasteiger partial charge in [0.15, 0.2) is 0 Å². The van der Waals surface area contributed by atoms with Gasteiger partial charge < -0.3 is 9.15 Å². The van der Waals surface area contributed by atoms with E-state index < -0.39 is 11.5 Å². The van der Waals surface area contributed by atoms with Gasteiger partial charge in [0.1, 0.15) is 16.9 Å². The quantitative estimate of drug-likeness (QED) is 0.474. The molecule has 0 spiro atoms. The fraction of sp³-hybridized carbons (Fsp3) is 0.167. The standard InChI is InChI=1S/C12H11NO5/c1-6-8-5-7(17-2)3-4-9(8)18-12(15)10(6)11(14)13-16/h3-5,16H,1-2H3,(H,13,14). The Kier molecular flexibility index (Phi) is 3.03. The van der Waals surface area contributed by atoms with Gasteiger partial charge in [-0.15, -0.1) is 0 Å². The van der Waals surface area contributed by atoms with Crippen LogP contribution in [-0.4, -0.2) is 18.2 Å². The second kappa shape index (κ2) is 4.50. The number of benzene rings is 1. The van der Waals surface area contributed by atoms with Crippen LogP contribution in [0.1, 0.15) is 15.9 Å². The lowest BCUT2D eigenvalue weighted by Crippen LogP contribution is -2.26. The number of carbonyl (C=O) groups excluding carboxylic acids is 1. The van der Waals surface area contributed by atoms with Crippen LogP contribution in [0, 0.1) is 6.92 Å². The Bertz CT molecular complexity index is 674. The van der Waals surface area contributed by atoms with Crippen LogP contribution in [0.4, 0.5) is 0 Å². The maximum Gasteiger partial charge on any atom is 0.349 e. The Morgan fingerprint density at radius 2 is 2.17 bits per heavy atom. The van der Waals surface area contributed by atoms with Crippen LogP contribution in [-0.2, 0) is 0 Å². The smallest absolute Gasteiger partial charge is 0.349 e. The van der Waals surface area contributed by atoms with Crippen LogP contribution in [0.15, 0.2) is 27.4 Å². The van der Waals surface area contributed by atoms with Gasteiger partial charge in [0.05, 0.1) is 7.11 Å². The number of hydrogen-bond donors (Lipinski definition) is 2. The molecule has 0 atom stereocenters. The Morgan fingerprint density at radius 1 is 1.44 bits per heavy atom. The van der Waals surface area contributed by atoms with E-state index in [1.165, 1.54) is 12.6 Å². The van der Waals surface area contributed by atoms with Crippen molar-refractivity contribution in [2.24, 2.45) is 0 Å². The van der Waals surface area contributed by atoms with Crippen LogP contribution >= 0.6 is 0 Å². The van der Waals surface area contributed by atoms with E-state index in [1.54, 1.807) is 25.1 Å². The maximum absolute atomic E-state index is 11.6. The predicted octanol–water partition coefficient (Wildman–Crippen LogP) is 1.23. The molecule has 6 nitrogen and oxygen atoms in total. The van der Waals surface area contributed by atoms with Crippen molar-refractivity contribution in [2.45, 2.75) is 6.92 Å². The highest BCUT2D eigenvalue weighted by Gasteiger charge is 2.18. The first kappa shape index (κ1) is 12.1. The zero-order valence-electron chi connectivity index (χ0n) is 9.81. The summed E-state index contributed by atoms with van der Waals surface area (Å²) in [5, 5.41) is 9.18. The van der Waals surface area contributed by atoms with Gasteiger partial charge in [0, 0.05) is 5.39 Å². The summed E-state index contributed by atoms with van der Waals surface area (Å²) in [7, 11) is 1.51. The Morgan fingerprint density at radius 3 is 2.78 bits per heavy atom. The lowest BCUT2D eigenvalue weighted by atomic mass is 10.1. The van der Waals surface area contributed by atoms with Crippen LogP contribution in [0.5, 0.6) is 5.75 Å².